The Morgan fingerprint density at radius 1 is 1.24 bits per heavy atom. The molecule has 0 aliphatic heterocycles. The molecule has 1 aromatic carbocycles. The number of hydrogen-bond donors (Lipinski definition) is 1. The quantitative estimate of drug-likeness (QED) is 0.860. The minimum Gasteiger partial charge on any atom is -0.306 e. The van der Waals surface area contributed by atoms with Gasteiger partial charge in [0.05, 0.1) is 5.56 Å². The van der Waals surface area contributed by atoms with Gasteiger partial charge in [0, 0.05) is 25.0 Å². The third-order valence-corrected chi connectivity index (χ3v) is 3.13. The summed E-state index contributed by atoms with van der Waals surface area (Å²) in [5, 5.41) is 3.08. The van der Waals surface area contributed by atoms with Crippen molar-refractivity contribution < 1.29 is 17.6 Å². The molecule has 0 bridgehead atoms. The second-order valence-electron chi connectivity index (χ2n) is 4.70. The molecule has 2 rings (SSSR count). The lowest BCUT2D eigenvalue weighted by Crippen LogP contribution is -2.19. The van der Waals surface area contributed by atoms with E-state index in [-0.39, 0.29) is 12.6 Å². The highest BCUT2D eigenvalue weighted by Crippen LogP contribution is 2.31. The maximum absolute atomic E-state index is 13.2. The minimum atomic E-state index is -4.69. The molecule has 0 aliphatic rings. The van der Waals surface area contributed by atoms with Gasteiger partial charge >= 0.3 is 6.18 Å². The lowest BCUT2D eigenvalue weighted by Gasteiger charge is -2.15. The summed E-state index contributed by atoms with van der Waals surface area (Å²) in [5.74, 6) is -1.26. The summed E-state index contributed by atoms with van der Waals surface area (Å²) in [5.41, 5.74) is 0.0611. The Bertz CT molecular complexity index is 596. The van der Waals surface area contributed by atoms with E-state index in [1.54, 1.807) is 18.5 Å². The number of aromatic nitrogens is 1. The molecular weight excluding hydrogens is 284 g/mol. The number of pyridine rings is 1. The zero-order valence-electron chi connectivity index (χ0n) is 11.3. The number of rotatable bonds is 4. The summed E-state index contributed by atoms with van der Waals surface area (Å²) in [7, 11) is 0. The third kappa shape index (κ3) is 4.01. The molecule has 0 saturated carbocycles. The molecule has 1 N–H and O–H groups in total. The van der Waals surface area contributed by atoms with Gasteiger partial charge in [-0.2, -0.15) is 13.2 Å². The number of nitrogens with zero attached hydrogens (tertiary/aromatic N) is 1. The molecule has 2 aromatic rings. The molecule has 0 radical (unpaired) electrons. The van der Waals surface area contributed by atoms with Gasteiger partial charge in [-0.25, -0.2) is 4.39 Å². The van der Waals surface area contributed by atoms with Gasteiger partial charge in [0.25, 0.3) is 0 Å². The van der Waals surface area contributed by atoms with Gasteiger partial charge in [-0.15, -0.1) is 0 Å². The van der Waals surface area contributed by atoms with Crippen LogP contribution < -0.4 is 5.32 Å². The van der Waals surface area contributed by atoms with Gasteiger partial charge in [0.2, 0.25) is 0 Å². The average molecular weight is 298 g/mol. The summed E-state index contributed by atoms with van der Waals surface area (Å²) in [6.07, 6.45) is -1.36. The van der Waals surface area contributed by atoms with Crippen LogP contribution in [0.5, 0.6) is 0 Å². The zero-order valence-corrected chi connectivity index (χ0v) is 11.3. The Morgan fingerprint density at radius 2 is 2.00 bits per heavy atom. The van der Waals surface area contributed by atoms with Crippen molar-refractivity contribution in [2.75, 3.05) is 0 Å². The fourth-order valence-corrected chi connectivity index (χ4v) is 1.92. The minimum absolute atomic E-state index is 0.0712. The number of benzene rings is 1. The van der Waals surface area contributed by atoms with E-state index < -0.39 is 17.6 Å². The summed E-state index contributed by atoms with van der Waals surface area (Å²) < 4.78 is 51.1. The maximum Gasteiger partial charge on any atom is 0.419 e. The molecule has 0 fully saturated rings. The van der Waals surface area contributed by atoms with Gasteiger partial charge in [0.1, 0.15) is 5.82 Å². The monoisotopic (exact) mass is 298 g/mol. The predicted octanol–water partition coefficient (Wildman–Crippen LogP) is 4.09. The Morgan fingerprint density at radius 3 is 2.62 bits per heavy atom. The summed E-state index contributed by atoms with van der Waals surface area (Å²) in [4.78, 5) is 3.98. The lowest BCUT2D eigenvalue weighted by atomic mass is 10.1. The first kappa shape index (κ1) is 15.4. The van der Waals surface area contributed by atoms with Gasteiger partial charge in [-0.05, 0) is 36.2 Å². The van der Waals surface area contributed by atoms with Crippen LogP contribution in [0.3, 0.4) is 0 Å². The van der Waals surface area contributed by atoms with Crippen molar-refractivity contribution in [3.8, 4) is 0 Å². The summed E-state index contributed by atoms with van der Waals surface area (Å²) in [6, 6.07) is 6.60. The summed E-state index contributed by atoms with van der Waals surface area (Å²) >= 11 is 0. The predicted molar refractivity (Wildman–Crippen MR) is 70.9 cm³/mol. The van der Waals surface area contributed by atoms with Gasteiger partial charge < -0.3 is 5.32 Å². The second-order valence-corrected chi connectivity index (χ2v) is 4.70. The van der Waals surface area contributed by atoms with Crippen molar-refractivity contribution in [1.82, 2.24) is 10.3 Å². The first-order valence-electron chi connectivity index (χ1n) is 6.37. The van der Waals surface area contributed by atoms with E-state index in [1.807, 2.05) is 13.0 Å². The lowest BCUT2D eigenvalue weighted by molar-refractivity contribution is -0.140. The molecule has 1 atom stereocenters. The first-order valence-corrected chi connectivity index (χ1v) is 6.37. The van der Waals surface area contributed by atoms with Crippen molar-refractivity contribution >= 4 is 0 Å². The van der Waals surface area contributed by atoms with Crippen LogP contribution in [0.2, 0.25) is 0 Å². The highest BCUT2D eigenvalue weighted by Gasteiger charge is 2.34. The smallest absolute Gasteiger partial charge is 0.306 e. The Hall–Kier alpha value is -1.95. The number of halogens is 4. The van der Waals surface area contributed by atoms with Crippen molar-refractivity contribution in [3.63, 3.8) is 0 Å². The molecule has 112 valence electrons. The van der Waals surface area contributed by atoms with Crippen molar-refractivity contribution in [2.24, 2.45) is 0 Å². The highest BCUT2D eigenvalue weighted by atomic mass is 19.4. The number of alkyl halides is 3. The third-order valence-electron chi connectivity index (χ3n) is 3.13. The van der Waals surface area contributed by atoms with E-state index in [4.69, 9.17) is 0 Å². The molecule has 0 amide bonds. The normalized spacial score (nSPS) is 13.2. The molecule has 1 aromatic heterocycles. The molecule has 1 unspecified atom stereocenters. The molecule has 0 saturated heterocycles. The second kappa shape index (κ2) is 6.22. The van der Waals surface area contributed by atoms with Crippen molar-refractivity contribution in [3.05, 3.63) is 65.2 Å². The molecular formula is C15H14F4N2. The van der Waals surface area contributed by atoms with E-state index in [2.05, 4.69) is 10.3 Å². The molecule has 2 nitrogen and oxygen atoms in total. The largest absolute Gasteiger partial charge is 0.419 e. The maximum atomic E-state index is 13.2. The van der Waals surface area contributed by atoms with Crippen LogP contribution in [0.15, 0.2) is 42.7 Å². The van der Waals surface area contributed by atoms with Crippen LogP contribution in [0.4, 0.5) is 17.6 Å². The van der Waals surface area contributed by atoms with E-state index in [0.29, 0.717) is 5.56 Å². The van der Waals surface area contributed by atoms with E-state index in [9.17, 15) is 17.6 Å². The standard InChI is InChI=1S/C15H14F4N2/c1-10(12-3-2-6-20-9-12)21-8-11-4-5-14(16)13(7-11)15(17,18)19/h2-7,9-10,21H,8H2,1H3. The van der Waals surface area contributed by atoms with E-state index >= 15 is 0 Å². The molecule has 1 heterocycles. The Balaban J connectivity index is 2.07. The molecule has 0 spiro atoms. The van der Waals surface area contributed by atoms with Crippen LogP contribution >= 0.6 is 0 Å². The fraction of sp³-hybridized carbons (Fsp3) is 0.267. The van der Waals surface area contributed by atoms with Crippen LogP contribution in [0.1, 0.15) is 29.7 Å². The Labute approximate surface area is 119 Å². The van der Waals surface area contributed by atoms with Crippen LogP contribution in [-0.2, 0) is 12.7 Å². The van der Waals surface area contributed by atoms with E-state index in [0.717, 1.165) is 17.7 Å². The SMILES string of the molecule is CC(NCc1ccc(F)c(C(F)(F)F)c1)c1cccnc1. The van der Waals surface area contributed by atoms with Crippen LogP contribution in [0.25, 0.3) is 0 Å². The van der Waals surface area contributed by atoms with Crippen molar-refractivity contribution in [1.29, 1.82) is 0 Å². The van der Waals surface area contributed by atoms with Gasteiger partial charge in [-0.1, -0.05) is 12.1 Å². The fourth-order valence-electron chi connectivity index (χ4n) is 1.92. The van der Waals surface area contributed by atoms with Gasteiger partial charge in [-0.3, -0.25) is 4.98 Å². The molecule has 21 heavy (non-hydrogen) atoms. The highest BCUT2D eigenvalue weighted by molar-refractivity contribution is 5.27. The summed E-state index contributed by atoms with van der Waals surface area (Å²) in [6.45, 7) is 2.09. The first-order chi connectivity index (χ1) is 9.88. The van der Waals surface area contributed by atoms with Crippen molar-refractivity contribution in [2.45, 2.75) is 25.7 Å². The zero-order chi connectivity index (χ0) is 15.5. The van der Waals surface area contributed by atoms with E-state index in [1.165, 1.54) is 6.07 Å². The Kier molecular flexibility index (Phi) is 4.57. The van der Waals surface area contributed by atoms with Gasteiger partial charge in [0.15, 0.2) is 0 Å². The topological polar surface area (TPSA) is 24.9 Å². The number of hydrogen-bond acceptors (Lipinski definition) is 2. The molecule has 0 aliphatic carbocycles. The average Bonchev–Trinajstić information content (AvgIpc) is 2.45. The molecule has 6 heteroatoms. The number of nitrogens with one attached hydrogen (secondary N) is 1. The van der Waals surface area contributed by atoms with Crippen LogP contribution in [0, 0.1) is 5.82 Å². The van der Waals surface area contributed by atoms with Crippen LogP contribution in [-0.4, -0.2) is 4.98 Å².